The van der Waals surface area contributed by atoms with E-state index in [-0.39, 0.29) is 5.91 Å². The molecule has 2 N–H and O–H groups in total. The summed E-state index contributed by atoms with van der Waals surface area (Å²) in [6, 6.07) is 14.3. The fourth-order valence-corrected chi connectivity index (χ4v) is 4.13. The number of H-pyrrole nitrogens is 1. The molecular weight excluding hydrogens is 386 g/mol. The number of nitrogens with one attached hydrogen (secondary N) is 2. The Balaban J connectivity index is 1.35. The van der Waals surface area contributed by atoms with Crippen LogP contribution in [-0.2, 0) is 6.54 Å². The minimum atomic E-state index is -0.193. The molecule has 4 aromatic rings. The highest BCUT2D eigenvalue weighted by molar-refractivity contribution is 6.08. The molecule has 31 heavy (non-hydrogen) atoms. The van der Waals surface area contributed by atoms with Gasteiger partial charge in [0.15, 0.2) is 0 Å². The van der Waals surface area contributed by atoms with Crippen LogP contribution in [0.3, 0.4) is 0 Å². The van der Waals surface area contributed by atoms with Crippen molar-refractivity contribution >= 4 is 22.6 Å². The number of pyridine rings is 2. The van der Waals surface area contributed by atoms with E-state index in [9.17, 15) is 4.79 Å². The van der Waals surface area contributed by atoms with Gasteiger partial charge in [0, 0.05) is 42.3 Å². The molecule has 4 heterocycles. The number of anilines is 1. The molecule has 1 fully saturated rings. The van der Waals surface area contributed by atoms with E-state index in [1.54, 1.807) is 30.7 Å². The second-order valence-corrected chi connectivity index (χ2v) is 8.05. The molecule has 1 aromatic carbocycles. The SMILES string of the molecule is O=C(Nc1c[nH]c2ncc(-c3ccc(CN4CCCCC4)cc3)cc12)c1cccnc1. The van der Waals surface area contributed by atoms with Gasteiger partial charge in [0.2, 0.25) is 0 Å². The number of piperidine rings is 1. The Bertz CT molecular complexity index is 1180. The molecule has 1 amide bonds. The van der Waals surface area contributed by atoms with Gasteiger partial charge in [-0.1, -0.05) is 30.7 Å². The maximum absolute atomic E-state index is 12.5. The molecule has 3 aromatic heterocycles. The molecule has 5 rings (SSSR count). The van der Waals surface area contributed by atoms with Crippen molar-refractivity contribution in [3.63, 3.8) is 0 Å². The predicted molar refractivity (Wildman–Crippen MR) is 123 cm³/mol. The molecule has 0 unspecified atom stereocenters. The number of aromatic amines is 1. The Kier molecular flexibility index (Phi) is 5.46. The van der Waals surface area contributed by atoms with Crippen LogP contribution in [0.15, 0.2) is 67.3 Å². The Hall–Kier alpha value is -3.51. The summed E-state index contributed by atoms with van der Waals surface area (Å²) in [6.45, 7) is 3.41. The third-order valence-electron chi connectivity index (χ3n) is 5.85. The van der Waals surface area contributed by atoms with Gasteiger partial charge < -0.3 is 10.3 Å². The van der Waals surface area contributed by atoms with Gasteiger partial charge in [-0.2, -0.15) is 0 Å². The maximum Gasteiger partial charge on any atom is 0.257 e. The topological polar surface area (TPSA) is 73.9 Å². The van der Waals surface area contributed by atoms with E-state index in [0.29, 0.717) is 11.3 Å². The van der Waals surface area contributed by atoms with Gasteiger partial charge in [-0.25, -0.2) is 4.98 Å². The zero-order chi connectivity index (χ0) is 21.0. The number of aromatic nitrogens is 3. The largest absolute Gasteiger partial charge is 0.344 e. The van der Waals surface area contributed by atoms with Crippen LogP contribution < -0.4 is 5.32 Å². The molecule has 156 valence electrons. The first kappa shape index (κ1) is 19.5. The summed E-state index contributed by atoms with van der Waals surface area (Å²) in [5, 5.41) is 3.84. The molecule has 0 atom stereocenters. The van der Waals surface area contributed by atoms with Gasteiger partial charge in [0.25, 0.3) is 5.91 Å². The predicted octanol–water partition coefficient (Wildman–Crippen LogP) is 4.86. The Morgan fingerprint density at radius 2 is 1.87 bits per heavy atom. The minimum Gasteiger partial charge on any atom is -0.344 e. The number of fused-ring (bicyclic) bond motifs is 1. The van der Waals surface area contributed by atoms with Gasteiger partial charge in [-0.3, -0.25) is 14.7 Å². The molecule has 0 spiro atoms. The first-order valence-corrected chi connectivity index (χ1v) is 10.8. The van der Waals surface area contributed by atoms with Crippen LogP contribution in [0.1, 0.15) is 35.2 Å². The zero-order valence-corrected chi connectivity index (χ0v) is 17.3. The monoisotopic (exact) mass is 411 g/mol. The second kappa shape index (κ2) is 8.70. The molecule has 1 aliphatic rings. The van der Waals surface area contributed by atoms with Crippen LogP contribution in [0.5, 0.6) is 0 Å². The highest BCUT2D eigenvalue weighted by Crippen LogP contribution is 2.28. The number of carbonyl (C=O) groups excluding carboxylic acids is 1. The zero-order valence-electron chi connectivity index (χ0n) is 17.3. The van der Waals surface area contributed by atoms with Crippen molar-refractivity contribution in [2.75, 3.05) is 18.4 Å². The number of benzene rings is 1. The lowest BCUT2D eigenvalue weighted by molar-refractivity contribution is 0.102. The fourth-order valence-electron chi connectivity index (χ4n) is 4.13. The molecule has 0 bridgehead atoms. The molecule has 6 nitrogen and oxygen atoms in total. The smallest absolute Gasteiger partial charge is 0.257 e. The van der Waals surface area contributed by atoms with Crippen LogP contribution in [0.4, 0.5) is 5.69 Å². The van der Waals surface area contributed by atoms with Crippen molar-refractivity contribution in [3.05, 3.63) is 78.4 Å². The summed E-state index contributed by atoms with van der Waals surface area (Å²) in [4.78, 5) is 26.7. The second-order valence-electron chi connectivity index (χ2n) is 8.05. The van der Waals surface area contributed by atoms with E-state index in [0.717, 1.165) is 28.7 Å². The van der Waals surface area contributed by atoms with E-state index in [2.05, 4.69) is 55.5 Å². The Morgan fingerprint density at radius 3 is 2.65 bits per heavy atom. The summed E-state index contributed by atoms with van der Waals surface area (Å²) in [5.74, 6) is -0.193. The van der Waals surface area contributed by atoms with Crippen LogP contribution in [0.2, 0.25) is 0 Å². The highest BCUT2D eigenvalue weighted by atomic mass is 16.1. The van der Waals surface area contributed by atoms with Gasteiger partial charge in [-0.15, -0.1) is 0 Å². The van der Waals surface area contributed by atoms with E-state index in [1.165, 1.54) is 37.9 Å². The Labute approximate surface area is 181 Å². The van der Waals surface area contributed by atoms with Crippen molar-refractivity contribution in [3.8, 4) is 11.1 Å². The quantitative estimate of drug-likeness (QED) is 0.492. The van der Waals surface area contributed by atoms with Crippen LogP contribution in [-0.4, -0.2) is 38.8 Å². The molecule has 6 heteroatoms. The van der Waals surface area contributed by atoms with E-state index in [1.807, 2.05) is 6.20 Å². The van der Waals surface area contributed by atoms with Gasteiger partial charge in [-0.05, 0) is 55.3 Å². The molecule has 1 saturated heterocycles. The molecule has 0 radical (unpaired) electrons. The van der Waals surface area contributed by atoms with Crippen molar-refractivity contribution < 1.29 is 4.79 Å². The summed E-state index contributed by atoms with van der Waals surface area (Å²) in [6.07, 6.45) is 10.8. The summed E-state index contributed by atoms with van der Waals surface area (Å²) >= 11 is 0. The first-order valence-electron chi connectivity index (χ1n) is 10.8. The number of hydrogen-bond donors (Lipinski definition) is 2. The Morgan fingerprint density at radius 1 is 1.03 bits per heavy atom. The summed E-state index contributed by atoms with van der Waals surface area (Å²) in [7, 11) is 0. The molecule has 1 aliphatic heterocycles. The minimum absolute atomic E-state index is 0.193. The number of likely N-dealkylation sites (tertiary alicyclic amines) is 1. The number of amides is 1. The lowest BCUT2D eigenvalue weighted by atomic mass is 10.0. The number of nitrogens with zero attached hydrogens (tertiary/aromatic N) is 3. The third kappa shape index (κ3) is 4.34. The van der Waals surface area contributed by atoms with Crippen molar-refractivity contribution in [1.82, 2.24) is 19.9 Å². The normalized spacial score (nSPS) is 14.6. The van der Waals surface area contributed by atoms with Crippen molar-refractivity contribution in [2.45, 2.75) is 25.8 Å². The number of rotatable bonds is 5. The fraction of sp³-hybridized carbons (Fsp3) is 0.240. The van der Waals surface area contributed by atoms with Crippen molar-refractivity contribution in [1.29, 1.82) is 0 Å². The van der Waals surface area contributed by atoms with Gasteiger partial charge in [0.05, 0.1) is 11.3 Å². The van der Waals surface area contributed by atoms with E-state index >= 15 is 0 Å². The van der Waals surface area contributed by atoms with Crippen LogP contribution in [0, 0.1) is 0 Å². The summed E-state index contributed by atoms with van der Waals surface area (Å²) in [5.41, 5.74) is 5.44. The lowest BCUT2D eigenvalue weighted by Crippen LogP contribution is -2.28. The maximum atomic E-state index is 12.5. The molecule has 0 saturated carbocycles. The molecule has 0 aliphatic carbocycles. The van der Waals surface area contributed by atoms with Crippen LogP contribution in [0.25, 0.3) is 22.2 Å². The highest BCUT2D eigenvalue weighted by Gasteiger charge is 2.13. The van der Waals surface area contributed by atoms with Crippen molar-refractivity contribution in [2.24, 2.45) is 0 Å². The van der Waals surface area contributed by atoms with Crippen LogP contribution >= 0.6 is 0 Å². The van der Waals surface area contributed by atoms with Gasteiger partial charge >= 0.3 is 0 Å². The van der Waals surface area contributed by atoms with E-state index < -0.39 is 0 Å². The summed E-state index contributed by atoms with van der Waals surface area (Å²) < 4.78 is 0. The number of carbonyl (C=O) groups is 1. The first-order chi connectivity index (χ1) is 15.3. The average molecular weight is 412 g/mol. The van der Waals surface area contributed by atoms with E-state index in [4.69, 9.17) is 0 Å². The molecular formula is C25H25N5O. The lowest BCUT2D eigenvalue weighted by Gasteiger charge is -2.26. The average Bonchev–Trinajstić information content (AvgIpc) is 3.23. The van der Waals surface area contributed by atoms with Gasteiger partial charge in [0.1, 0.15) is 5.65 Å². The standard InChI is InChI=1S/C25H25N5O/c31-25(20-5-4-10-26-14-20)29-23-16-28-24-22(23)13-21(15-27-24)19-8-6-18(7-9-19)17-30-11-2-1-3-12-30/h4-10,13-16H,1-3,11-12,17H2,(H,27,28)(H,29,31). The number of hydrogen-bond acceptors (Lipinski definition) is 4. The third-order valence-corrected chi connectivity index (χ3v) is 5.85.